The molecule has 1 aromatic carbocycles. The second-order valence-corrected chi connectivity index (χ2v) is 8.95. The van der Waals surface area contributed by atoms with Crippen LogP contribution in [0.2, 0.25) is 0 Å². The first-order valence-corrected chi connectivity index (χ1v) is 10.5. The molecule has 0 saturated carbocycles. The maximum Gasteiger partial charge on any atom is 0.231 e. The number of nitrogens with zero attached hydrogens (tertiary/aromatic N) is 3. The number of benzene rings is 1. The van der Waals surface area contributed by atoms with E-state index in [1.54, 1.807) is 0 Å². The molecule has 3 atom stereocenters. The SMILES string of the molecule is Cc1ccccc1[C@@H]1[C@H]2CN(CC(N)=O)C[C@H]2CN1C(=O)C1CCN(C)CC1. The van der Waals surface area contributed by atoms with Crippen molar-refractivity contribution in [3.05, 3.63) is 35.4 Å². The summed E-state index contributed by atoms with van der Waals surface area (Å²) in [5, 5.41) is 0. The van der Waals surface area contributed by atoms with E-state index in [9.17, 15) is 9.59 Å². The van der Waals surface area contributed by atoms with Crippen molar-refractivity contribution in [2.24, 2.45) is 23.5 Å². The maximum atomic E-state index is 13.5. The molecule has 0 aliphatic carbocycles. The quantitative estimate of drug-likeness (QED) is 0.848. The lowest BCUT2D eigenvalue weighted by Gasteiger charge is -2.35. The lowest BCUT2D eigenvalue weighted by Crippen LogP contribution is -2.43. The van der Waals surface area contributed by atoms with E-state index in [2.05, 4.69) is 52.9 Å². The van der Waals surface area contributed by atoms with Gasteiger partial charge in [-0.05, 0) is 56.9 Å². The van der Waals surface area contributed by atoms with Crippen molar-refractivity contribution in [1.82, 2.24) is 14.7 Å². The van der Waals surface area contributed by atoms with Crippen LogP contribution in [-0.2, 0) is 9.59 Å². The smallest absolute Gasteiger partial charge is 0.231 e. The van der Waals surface area contributed by atoms with Crippen molar-refractivity contribution < 1.29 is 9.59 Å². The lowest BCUT2D eigenvalue weighted by molar-refractivity contribution is -0.138. The number of aryl methyl sites for hydroxylation is 1. The molecule has 28 heavy (non-hydrogen) atoms. The van der Waals surface area contributed by atoms with E-state index >= 15 is 0 Å². The Morgan fingerprint density at radius 2 is 1.82 bits per heavy atom. The predicted octanol–water partition coefficient (Wildman–Crippen LogP) is 1.25. The molecule has 0 radical (unpaired) electrons. The summed E-state index contributed by atoms with van der Waals surface area (Å²) in [5.41, 5.74) is 7.93. The summed E-state index contributed by atoms with van der Waals surface area (Å²) in [6.45, 7) is 6.94. The van der Waals surface area contributed by atoms with Crippen LogP contribution in [0.5, 0.6) is 0 Å². The van der Waals surface area contributed by atoms with Gasteiger partial charge in [0.15, 0.2) is 0 Å². The van der Waals surface area contributed by atoms with Crippen LogP contribution in [0.3, 0.4) is 0 Å². The Labute approximate surface area is 167 Å². The molecule has 3 aliphatic heterocycles. The van der Waals surface area contributed by atoms with Gasteiger partial charge in [0.2, 0.25) is 11.8 Å². The van der Waals surface area contributed by atoms with Crippen LogP contribution in [0, 0.1) is 24.7 Å². The number of fused-ring (bicyclic) bond motifs is 1. The van der Waals surface area contributed by atoms with Gasteiger partial charge in [-0.25, -0.2) is 0 Å². The maximum absolute atomic E-state index is 13.5. The molecule has 2 N–H and O–H groups in total. The Balaban J connectivity index is 1.59. The number of carbonyl (C=O) groups excluding carboxylic acids is 2. The minimum Gasteiger partial charge on any atom is -0.369 e. The predicted molar refractivity (Wildman–Crippen MR) is 108 cm³/mol. The molecule has 1 aromatic rings. The number of carbonyl (C=O) groups is 2. The van der Waals surface area contributed by atoms with E-state index in [0.29, 0.717) is 24.3 Å². The Hall–Kier alpha value is -1.92. The van der Waals surface area contributed by atoms with Gasteiger partial charge >= 0.3 is 0 Å². The number of hydrogen-bond donors (Lipinski definition) is 1. The summed E-state index contributed by atoms with van der Waals surface area (Å²) in [4.78, 5) is 31.6. The molecule has 0 unspecified atom stereocenters. The molecule has 2 amide bonds. The fourth-order valence-corrected chi connectivity index (χ4v) is 5.52. The molecule has 3 saturated heterocycles. The molecular weight excluding hydrogens is 352 g/mol. The van der Waals surface area contributed by atoms with Gasteiger partial charge in [0.1, 0.15) is 0 Å². The van der Waals surface area contributed by atoms with E-state index in [1.165, 1.54) is 11.1 Å². The second kappa shape index (κ2) is 7.84. The topological polar surface area (TPSA) is 69.9 Å². The third-order valence-corrected chi connectivity index (χ3v) is 6.98. The molecule has 0 bridgehead atoms. The zero-order chi connectivity index (χ0) is 19.8. The number of piperidine rings is 1. The fraction of sp³-hybridized carbons (Fsp3) is 0.636. The van der Waals surface area contributed by atoms with Crippen LogP contribution in [-0.4, -0.2) is 72.8 Å². The van der Waals surface area contributed by atoms with Gasteiger partial charge < -0.3 is 15.5 Å². The van der Waals surface area contributed by atoms with Crippen molar-refractivity contribution in [3.8, 4) is 0 Å². The van der Waals surface area contributed by atoms with Gasteiger partial charge in [-0.2, -0.15) is 0 Å². The number of hydrogen-bond acceptors (Lipinski definition) is 4. The van der Waals surface area contributed by atoms with Gasteiger partial charge in [0, 0.05) is 31.5 Å². The van der Waals surface area contributed by atoms with Gasteiger partial charge in [-0.1, -0.05) is 24.3 Å². The molecular formula is C22H32N4O2. The number of amides is 2. The van der Waals surface area contributed by atoms with Crippen LogP contribution >= 0.6 is 0 Å². The standard InChI is InChI=1S/C22H32N4O2/c1-15-5-3-4-6-18(15)21-19-13-25(14-20(23)27)11-17(19)12-26(21)22(28)16-7-9-24(2)10-8-16/h3-6,16-17,19,21H,7-14H2,1-2H3,(H2,23,27)/t17-,19-,21+/m0/s1. The molecule has 0 spiro atoms. The average Bonchev–Trinajstić information content (AvgIpc) is 3.19. The Morgan fingerprint density at radius 3 is 2.50 bits per heavy atom. The van der Waals surface area contributed by atoms with E-state index in [1.807, 2.05) is 0 Å². The molecule has 3 fully saturated rings. The van der Waals surface area contributed by atoms with E-state index in [0.717, 1.165) is 45.6 Å². The Bertz CT molecular complexity index is 744. The van der Waals surface area contributed by atoms with Crippen molar-refractivity contribution in [1.29, 1.82) is 0 Å². The van der Waals surface area contributed by atoms with E-state index in [-0.39, 0.29) is 17.9 Å². The van der Waals surface area contributed by atoms with Gasteiger partial charge in [0.25, 0.3) is 0 Å². The number of primary amides is 1. The first-order valence-electron chi connectivity index (χ1n) is 10.5. The molecule has 6 nitrogen and oxygen atoms in total. The zero-order valence-corrected chi connectivity index (χ0v) is 17.0. The number of likely N-dealkylation sites (tertiary alicyclic amines) is 3. The fourth-order valence-electron chi connectivity index (χ4n) is 5.52. The first kappa shape index (κ1) is 19.4. The molecule has 152 valence electrons. The molecule has 3 heterocycles. The highest BCUT2D eigenvalue weighted by Gasteiger charge is 2.50. The third kappa shape index (κ3) is 3.67. The van der Waals surface area contributed by atoms with Gasteiger partial charge in [-0.15, -0.1) is 0 Å². The number of nitrogens with two attached hydrogens (primary N) is 1. The van der Waals surface area contributed by atoms with Crippen molar-refractivity contribution >= 4 is 11.8 Å². The molecule has 0 aromatic heterocycles. The van der Waals surface area contributed by atoms with E-state index in [4.69, 9.17) is 5.73 Å². The zero-order valence-electron chi connectivity index (χ0n) is 17.0. The Kier molecular flexibility index (Phi) is 5.43. The van der Waals surface area contributed by atoms with Gasteiger partial charge in [-0.3, -0.25) is 14.5 Å². The van der Waals surface area contributed by atoms with Crippen LogP contribution in [0.15, 0.2) is 24.3 Å². The summed E-state index contributed by atoms with van der Waals surface area (Å²) in [6.07, 6.45) is 1.91. The summed E-state index contributed by atoms with van der Waals surface area (Å²) in [6, 6.07) is 8.55. The van der Waals surface area contributed by atoms with Crippen molar-refractivity contribution in [2.45, 2.75) is 25.8 Å². The summed E-state index contributed by atoms with van der Waals surface area (Å²) in [5.74, 6) is 0.988. The van der Waals surface area contributed by atoms with Crippen LogP contribution in [0.25, 0.3) is 0 Å². The minimum absolute atomic E-state index is 0.108. The van der Waals surface area contributed by atoms with Crippen LogP contribution in [0.4, 0.5) is 0 Å². The minimum atomic E-state index is -0.272. The molecule has 6 heteroatoms. The normalized spacial score (nSPS) is 29.2. The molecule has 4 rings (SSSR count). The Morgan fingerprint density at radius 1 is 1.11 bits per heavy atom. The summed E-state index contributed by atoms with van der Waals surface area (Å²) in [7, 11) is 2.13. The average molecular weight is 385 g/mol. The highest BCUT2D eigenvalue weighted by atomic mass is 16.2. The highest BCUT2D eigenvalue weighted by molar-refractivity contribution is 5.80. The molecule has 3 aliphatic rings. The van der Waals surface area contributed by atoms with E-state index < -0.39 is 0 Å². The van der Waals surface area contributed by atoms with Crippen molar-refractivity contribution in [2.75, 3.05) is 46.3 Å². The monoisotopic (exact) mass is 384 g/mol. The lowest BCUT2D eigenvalue weighted by atomic mass is 9.87. The summed E-state index contributed by atoms with van der Waals surface area (Å²) < 4.78 is 0. The third-order valence-electron chi connectivity index (χ3n) is 6.98. The van der Waals surface area contributed by atoms with Crippen LogP contribution in [0.1, 0.15) is 30.0 Å². The van der Waals surface area contributed by atoms with Crippen molar-refractivity contribution in [3.63, 3.8) is 0 Å². The number of rotatable bonds is 4. The first-order chi connectivity index (χ1) is 13.4. The van der Waals surface area contributed by atoms with Crippen LogP contribution < -0.4 is 5.73 Å². The van der Waals surface area contributed by atoms with Gasteiger partial charge in [0.05, 0.1) is 12.6 Å². The second-order valence-electron chi connectivity index (χ2n) is 8.95. The highest BCUT2D eigenvalue weighted by Crippen LogP contribution is 2.46. The summed E-state index contributed by atoms with van der Waals surface area (Å²) >= 11 is 0. The largest absolute Gasteiger partial charge is 0.369 e.